The summed E-state index contributed by atoms with van der Waals surface area (Å²) < 4.78 is 16.0. The molecule has 1 N–H and O–H groups in total. The van der Waals surface area contributed by atoms with Crippen LogP contribution in [0.4, 0.5) is 0 Å². The zero-order chi connectivity index (χ0) is 15.6. The predicted molar refractivity (Wildman–Crippen MR) is 84.0 cm³/mol. The highest BCUT2D eigenvalue weighted by Crippen LogP contribution is 2.41. The zero-order valence-corrected chi connectivity index (χ0v) is 13.7. The number of rotatable bonds is 5. The van der Waals surface area contributed by atoms with Crippen molar-refractivity contribution in [2.45, 2.75) is 20.0 Å². The fraction of sp³-hybridized carbons (Fsp3) is 0.375. The summed E-state index contributed by atoms with van der Waals surface area (Å²) in [6.07, 6.45) is -0.760. The smallest absolute Gasteiger partial charge is 0.164 e. The lowest BCUT2D eigenvalue weighted by Gasteiger charge is -2.18. The SMILES string of the molecule is COc1cc(OC)c(C(O)c2cc(C)sc2C)cc1OC. The first-order valence-corrected chi connectivity index (χ1v) is 7.38. The third-order valence-corrected chi connectivity index (χ3v) is 4.39. The number of aliphatic hydroxyl groups excluding tert-OH is 1. The minimum atomic E-state index is -0.760. The fourth-order valence-corrected chi connectivity index (χ4v) is 3.31. The van der Waals surface area contributed by atoms with Gasteiger partial charge < -0.3 is 19.3 Å². The summed E-state index contributed by atoms with van der Waals surface area (Å²) >= 11 is 1.67. The van der Waals surface area contributed by atoms with Gasteiger partial charge in [-0.15, -0.1) is 11.3 Å². The van der Waals surface area contributed by atoms with E-state index in [2.05, 4.69) is 0 Å². The van der Waals surface area contributed by atoms with Gasteiger partial charge in [-0.3, -0.25) is 0 Å². The van der Waals surface area contributed by atoms with Crippen LogP contribution in [0.1, 0.15) is 27.0 Å². The Kier molecular flexibility index (Phi) is 4.75. The van der Waals surface area contributed by atoms with Crippen molar-refractivity contribution in [3.05, 3.63) is 39.1 Å². The minimum Gasteiger partial charge on any atom is -0.496 e. The van der Waals surface area contributed by atoms with Crippen molar-refractivity contribution in [1.82, 2.24) is 0 Å². The lowest BCUT2D eigenvalue weighted by Crippen LogP contribution is -2.04. The van der Waals surface area contributed by atoms with Gasteiger partial charge >= 0.3 is 0 Å². The second-order valence-electron chi connectivity index (χ2n) is 4.72. The van der Waals surface area contributed by atoms with Crippen LogP contribution in [-0.4, -0.2) is 26.4 Å². The molecule has 1 atom stereocenters. The van der Waals surface area contributed by atoms with Gasteiger partial charge in [0.05, 0.1) is 21.3 Å². The van der Waals surface area contributed by atoms with E-state index in [0.29, 0.717) is 22.8 Å². The van der Waals surface area contributed by atoms with Gasteiger partial charge in [0.1, 0.15) is 11.9 Å². The van der Waals surface area contributed by atoms with Crippen molar-refractivity contribution in [3.63, 3.8) is 0 Å². The molecule has 0 amide bonds. The first-order chi connectivity index (χ1) is 10.0. The normalized spacial score (nSPS) is 12.1. The molecule has 0 aliphatic carbocycles. The van der Waals surface area contributed by atoms with E-state index in [4.69, 9.17) is 14.2 Å². The number of thiophene rings is 1. The molecule has 1 aromatic heterocycles. The van der Waals surface area contributed by atoms with Crippen LogP contribution >= 0.6 is 11.3 Å². The van der Waals surface area contributed by atoms with Crippen LogP contribution in [0.2, 0.25) is 0 Å². The van der Waals surface area contributed by atoms with Crippen LogP contribution in [0.15, 0.2) is 18.2 Å². The summed E-state index contributed by atoms with van der Waals surface area (Å²) in [7, 11) is 4.71. The standard InChI is InChI=1S/C16H20O4S/c1-9-6-11(10(2)21-9)16(17)12-7-14(19-4)15(20-5)8-13(12)18-3/h6-8,16-17H,1-5H3. The Labute approximate surface area is 128 Å². The molecular formula is C16H20O4S. The largest absolute Gasteiger partial charge is 0.496 e. The molecule has 0 bridgehead atoms. The molecular weight excluding hydrogens is 288 g/mol. The molecule has 114 valence electrons. The third kappa shape index (κ3) is 2.99. The molecule has 0 radical (unpaired) electrons. The summed E-state index contributed by atoms with van der Waals surface area (Å²) in [6, 6.07) is 5.49. The maximum Gasteiger partial charge on any atom is 0.164 e. The summed E-state index contributed by atoms with van der Waals surface area (Å²) in [6.45, 7) is 4.03. The molecule has 21 heavy (non-hydrogen) atoms. The van der Waals surface area contributed by atoms with Crippen LogP contribution in [0, 0.1) is 13.8 Å². The number of methoxy groups -OCH3 is 3. The molecule has 1 unspecified atom stereocenters. The molecule has 0 fully saturated rings. The molecule has 5 heteroatoms. The van der Waals surface area contributed by atoms with Gasteiger partial charge in [0, 0.05) is 21.4 Å². The van der Waals surface area contributed by atoms with Gasteiger partial charge in [0.2, 0.25) is 0 Å². The molecule has 0 aliphatic rings. The summed E-state index contributed by atoms with van der Waals surface area (Å²) in [5, 5.41) is 10.7. The van der Waals surface area contributed by atoms with Gasteiger partial charge in [-0.1, -0.05) is 0 Å². The Morgan fingerprint density at radius 1 is 0.857 bits per heavy atom. The van der Waals surface area contributed by atoms with E-state index in [-0.39, 0.29) is 0 Å². The highest BCUT2D eigenvalue weighted by Gasteiger charge is 2.22. The summed E-state index contributed by atoms with van der Waals surface area (Å²) in [4.78, 5) is 2.26. The van der Waals surface area contributed by atoms with E-state index in [1.165, 1.54) is 4.88 Å². The third-order valence-electron chi connectivity index (χ3n) is 3.40. The molecule has 2 rings (SSSR count). The molecule has 1 heterocycles. The van der Waals surface area contributed by atoms with Crippen LogP contribution in [0.25, 0.3) is 0 Å². The minimum absolute atomic E-state index is 0.567. The van der Waals surface area contributed by atoms with Crippen molar-refractivity contribution >= 4 is 11.3 Å². The van der Waals surface area contributed by atoms with E-state index in [1.807, 2.05) is 19.9 Å². The number of hydrogen-bond donors (Lipinski definition) is 1. The topological polar surface area (TPSA) is 47.9 Å². The van der Waals surface area contributed by atoms with Crippen LogP contribution in [0.5, 0.6) is 17.2 Å². The Bertz CT molecular complexity index is 633. The van der Waals surface area contributed by atoms with E-state index < -0.39 is 6.10 Å². The number of benzene rings is 1. The van der Waals surface area contributed by atoms with Crippen molar-refractivity contribution in [3.8, 4) is 17.2 Å². The monoisotopic (exact) mass is 308 g/mol. The van der Waals surface area contributed by atoms with Crippen molar-refractivity contribution in [2.24, 2.45) is 0 Å². The number of aryl methyl sites for hydroxylation is 2. The lowest BCUT2D eigenvalue weighted by atomic mass is 10.0. The maximum absolute atomic E-state index is 10.7. The molecule has 2 aromatic rings. The highest BCUT2D eigenvalue weighted by atomic mass is 32.1. The molecule has 0 aliphatic heterocycles. The van der Waals surface area contributed by atoms with Crippen molar-refractivity contribution in [1.29, 1.82) is 0 Å². The highest BCUT2D eigenvalue weighted by molar-refractivity contribution is 7.12. The Balaban J connectivity index is 2.53. The first-order valence-electron chi connectivity index (χ1n) is 6.56. The van der Waals surface area contributed by atoms with Crippen molar-refractivity contribution in [2.75, 3.05) is 21.3 Å². The van der Waals surface area contributed by atoms with Crippen LogP contribution < -0.4 is 14.2 Å². The van der Waals surface area contributed by atoms with Gasteiger partial charge in [-0.05, 0) is 31.5 Å². The zero-order valence-electron chi connectivity index (χ0n) is 12.9. The summed E-state index contributed by atoms with van der Waals surface area (Å²) in [5.41, 5.74) is 1.55. The summed E-state index contributed by atoms with van der Waals surface area (Å²) in [5.74, 6) is 1.71. The molecule has 1 aromatic carbocycles. The molecule has 0 saturated carbocycles. The Hall–Kier alpha value is -1.72. The van der Waals surface area contributed by atoms with E-state index in [0.717, 1.165) is 10.4 Å². The quantitative estimate of drug-likeness (QED) is 0.919. The number of hydrogen-bond acceptors (Lipinski definition) is 5. The van der Waals surface area contributed by atoms with E-state index in [9.17, 15) is 5.11 Å². The van der Waals surface area contributed by atoms with Crippen molar-refractivity contribution < 1.29 is 19.3 Å². The van der Waals surface area contributed by atoms with Gasteiger partial charge in [0.25, 0.3) is 0 Å². The molecule has 4 nitrogen and oxygen atoms in total. The second kappa shape index (κ2) is 6.37. The second-order valence-corrected chi connectivity index (χ2v) is 6.18. The predicted octanol–water partition coefficient (Wildman–Crippen LogP) is 3.47. The maximum atomic E-state index is 10.7. The Morgan fingerprint density at radius 3 is 1.90 bits per heavy atom. The number of aliphatic hydroxyl groups is 1. The average Bonchev–Trinajstić information content (AvgIpc) is 2.83. The Morgan fingerprint density at radius 2 is 1.43 bits per heavy atom. The molecule has 0 saturated heterocycles. The fourth-order valence-electron chi connectivity index (χ4n) is 2.36. The van der Waals surface area contributed by atoms with Crippen LogP contribution in [0.3, 0.4) is 0 Å². The lowest BCUT2D eigenvalue weighted by molar-refractivity contribution is 0.213. The average molecular weight is 308 g/mol. The van der Waals surface area contributed by atoms with E-state index >= 15 is 0 Å². The number of ether oxygens (including phenoxy) is 3. The van der Waals surface area contributed by atoms with Gasteiger partial charge in [0.15, 0.2) is 11.5 Å². The molecule has 0 spiro atoms. The van der Waals surface area contributed by atoms with E-state index in [1.54, 1.807) is 44.8 Å². The van der Waals surface area contributed by atoms with Gasteiger partial charge in [-0.2, -0.15) is 0 Å². The first kappa shape index (κ1) is 15.7. The van der Waals surface area contributed by atoms with Gasteiger partial charge in [-0.25, -0.2) is 0 Å². The van der Waals surface area contributed by atoms with Crippen LogP contribution in [-0.2, 0) is 0 Å².